The number of aryl methyl sites for hydroxylation is 1. The summed E-state index contributed by atoms with van der Waals surface area (Å²) < 4.78 is 36.9. The van der Waals surface area contributed by atoms with Crippen LogP contribution in [-0.4, -0.2) is 55.5 Å². The predicted molar refractivity (Wildman–Crippen MR) is 197 cm³/mol. The van der Waals surface area contributed by atoms with Crippen LogP contribution in [-0.2, 0) is 24.3 Å². The molecule has 2 aromatic heterocycles. The average molecular weight is 705 g/mol. The van der Waals surface area contributed by atoms with Crippen LogP contribution in [0.2, 0.25) is 22.2 Å². The van der Waals surface area contributed by atoms with E-state index in [1.54, 1.807) is 0 Å². The van der Waals surface area contributed by atoms with Crippen molar-refractivity contribution >= 4 is 45.9 Å². The van der Waals surface area contributed by atoms with Crippen molar-refractivity contribution in [3.63, 3.8) is 0 Å². The number of nitrogens with zero attached hydrogens (tertiary/aromatic N) is 4. The molecule has 264 valence electrons. The highest BCUT2D eigenvalue weighted by atomic mass is 28.5. The van der Waals surface area contributed by atoms with Gasteiger partial charge in [-0.15, -0.1) is 0 Å². The van der Waals surface area contributed by atoms with E-state index in [-0.39, 0.29) is 40.3 Å². The fraction of sp³-hybridized carbons (Fsp3) is 0.528. The number of benzene rings is 2. The summed E-state index contributed by atoms with van der Waals surface area (Å²) in [5.41, 5.74) is 11.3. The van der Waals surface area contributed by atoms with Crippen molar-refractivity contribution in [2.75, 3.05) is 17.7 Å². The van der Waals surface area contributed by atoms with Gasteiger partial charge in [-0.1, -0.05) is 103 Å². The Labute approximate surface area is 292 Å². The molecule has 13 heteroatoms. The number of aromatic nitrogens is 4. The molecule has 11 nitrogen and oxygen atoms in total. The van der Waals surface area contributed by atoms with Crippen LogP contribution >= 0.6 is 0 Å². The molecule has 3 N–H and O–H groups in total. The predicted octanol–water partition coefficient (Wildman–Crippen LogP) is 8.28. The van der Waals surface area contributed by atoms with Crippen molar-refractivity contribution in [1.29, 1.82) is 0 Å². The number of ether oxygens (including phenoxy) is 2. The summed E-state index contributed by atoms with van der Waals surface area (Å²) >= 11 is 0. The van der Waals surface area contributed by atoms with E-state index in [1.165, 1.54) is 0 Å². The Morgan fingerprint density at radius 2 is 1.51 bits per heavy atom. The standard InChI is InChI=1S/C36H52N6O5Si2/c1-22(2)48(23(3)4)44-21-30-29(46-49(47-48,24(5)6)25(7)8)19-31(45-30)42-33-32(39-36(42)38-28-17-15-26(9)16-18-28)34(41-35(37)40-33)43-20-27-13-11-10-12-14-27/h10-18,22-25,29-31H,19-21H2,1-9H3,(H,38,39)(H2,37,40,41)/t29-,30+,31+/m0/s1. The molecule has 2 aromatic carbocycles. The lowest BCUT2D eigenvalue weighted by atomic mass is 10.2. The molecular weight excluding hydrogens is 653 g/mol. The quantitative estimate of drug-likeness (QED) is 0.156. The number of fused-ring (bicyclic) bond motifs is 2. The second kappa shape index (κ2) is 14.1. The molecule has 0 aliphatic carbocycles. The summed E-state index contributed by atoms with van der Waals surface area (Å²) in [6.07, 6.45) is -0.473. The molecule has 2 saturated heterocycles. The van der Waals surface area contributed by atoms with E-state index >= 15 is 0 Å². The largest absolute Gasteiger partial charge is 0.471 e. The van der Waals surface area contributed by atoms with E-state index in [9.17, 15) is 0 Å². The summed E-state index contributed by atoms with van der Waals surface area (Å²) in [7, 11) is -5.55. The number of hydrogen-bond donors (Lipinski definition) is 2. The van der Waals surface area contributed by atoms with Gasteiger partial charge in [-0.25, -0.2) is 4.98 Å². The third-order valence-electron chi connectivity index (χ3n) is 9.87. The first-order valence-electron chi connectivity index (χ1n) is 17.6. The lowest BCUT2D eigenvalue weighted by Crippen LogP contribution is -2.65. The fourth-order valence-electron chi connectivity index (χ4n) is 7.21. The van der Waals surface area contributed by atoms with Crippen molar-refractivity contribution < 1.29 is 22.4 Å². The monoisotopic (exact) mass is 704 g/mol. The zero-order valence-corrected chi connectivity index (χ0v) is 32.3. The SMILES string of the molecule is Cc1ccc(Nc2nc3c(OCc4ccccc4)nc(N)nc3n2[C@H]2C[C@@H]3O[Si](C(C)C)(C(C)C)O[Si](C(C)C)(C(C)C)OC[C@H]3O2)cc1. The van der Waals surface area contributed by atoms with Crippen molar-refractivity contribution in [3.8, 4) is 5.88 Å². The van der Waals surface area contributed by atoms with Gasteiger partial charge in [-0.05, 0) is 46.8 Å². The van der Waals surface area contributed by atoms with Crippen LogP contribution < -0.4 is 15.8 Å². The van der Waals surface area contributed by atoms with Gasteiger partial charge in [0.05, 0.1) is 12.7 Å². The van der Waals surface area contributed by atoms with Gasteiger partial charge in [0.25, 0.3) is 0 Å². The van der Waals surface area contributed by atoms with Gasteiger partial charge in [0, 0.05) is 12.1 Å². The molecule has 2 aliphatic rings. The highest BCUT2D eigenvalue weighted by Gasteiger charge is 2.60. The molecule has 0 spiro atoms. The topological polar surface area (TPSA) is 128 Å². The number of hydrogen-bond acceptors (Lipinski definition) is 10. The lowest BCUT2D eigenvalue weighted by Gasteiger charge is -2.51. The summed E-state index contributed by atoms with van der Waals surface area (Å²) in [5.74, 6) is 0.945. The Morgan fingerprint density at radius 1 is 0.857 bits per heavy atom. The highest BCUT2D eigenvalue weighted by molar-refractivity contribution is 6.84. The maximum absolute atomic E-state index is 7.42. The molecule has 2 aliphatic heterocycles. The molecule has 4 aromatic rings. The second-order valence-corrected chi connectivity index (χ2v) is 23.5. The summed E-state index contributed by atoms with van der Waals surface area (Å²) in [6, 6.07) is 18.1. The van der Waals surface area contributed by atoms with Crippen LogP contribution in [0.5, 0.6) is 5.88 Å². The van der Waals surface area contributed by atoms with E-state index in [0.29, 0.717) is 42.6 Å². The molecule has 4 heterocycles. The maximum atomic E-state index is 7.42. The molecule has 0 saturated carbocycles. The van der Waals surface area contributed by atoms with E-state index in [1.807, 2.05) is 47.0 Å². The van der Waals surface area contributed by atoms with Crippen LogP contribution in [0.3, 0.4) is 0 Å². The Hall–Kier alpha value is -3.34. The minimum absolute atomic E-state index is 0.0892. The summed E-state index contributed by atoms with van der Waals surface area (Å²) in [4.78, 5) is 14.2. The lowest BCUT2D eigenvalue weighted by molar-refractivity contribution is -0.0539. The Kier molecular flexibility index (Phi) is 10.2. The number of rotatable bonds is 10. The van der Waals surface area contributed by atoms with Crippen molar-refractivity contribution in [3.05, 3.63) is 65.7 Å². The fourth-order valence-corrected chi connectivity index (χ4v) is 18.4. The molecule has 3 atom stereocenters. The van der Waals surface area contributed by atoms with Crippen molar-refractivity contribution in [2.45, 2.75) is 116 Å². The Bertz CT molecular complexity index is 1720. The molecular formula is C36H52N6O5Si2. The summed E-state index contributed by atoms with van der Waals surface area (Å²) in [5, 5.41) is 3.51. The molecule has 0 bridgehead atoms. The molecule has 0 radical (unpaired) electrons. The van der Waals surface area contributed by atoms with Gasteiger partial charge in [0.15, 0.2) is 11.2 Å². The highest BCUT2D eigenvalue weighted by Crippen LogP contribution is 2.49. The van der Waals surface area contributed by atoms with Crippen LogP contribution in [0.4, 0.5) is 17.6 Å². The molecule has 2 fully saturated rings. The number of nitrogens with two attached hydrogens (primary N) is 1. The van der Waals surface area contributed by atoms with Gasteiger partial charge >= 0.3 is 17.1 Å². The molecule has 0 unspecified atom stereocenters. The van der Waals surface area contributed by atoms with Gasteiger partial charge in [-0.2, -0.15) is 9.97 Å². The molecule has 0 amide bonds. The Balaban J connectivity index is 1.42. The smallest absolute Gasteiger partial charge is 0.335 e. The van der Waals surface area contributed by atoms with Gasteiger partial charge in [0.1, 0.15) is 18.9 Å². The zero-order chi connectivity index (χ0) is 35.1. The third-order valence-corrected chi connectivity index (χ3v) is 20.1. The van der Waals surface area contributed by atoms with Crippen LogP contribution in [0.25, 0.3) is 11.2 Å². The number of nitrogen functional groups attached to an aromatic ring is 1. The van der Waals surface area contributed by atoms with E-state index in [0.717, 1.165) is 16.8 Å². The normalized spacial score (nSPS) is 22.1. The molecule has 6 rings (SSSR count). The third kappa shape index (κ3) is 6.89. The minimum Gasteiger partial charge on any atom is -0.471 e. The van der Waals surface area contributed by atoms with Crippen molar-refractivity contribution in [2.24, 2.45) is 0 Å². The number of anilines is 3. The van der Waals surface area contributed by atoms with Crippen molar-refractivity contribution in [1.82, 2.24) is 19.5 Å². The van der Waals surface area contributed by atoms with Gasteiger partial charge in [0.2, 0.25) is 17.8 Å². The van der Waals surface area contributed by atoms with Crippen LogP contribution in [0.1, 0.15) is 79.2 Å². The number of nitrogens with one attached hydrogen (secondary N) is 1. The average Bonchev–Trinajstić information content (AvgIpc) is 3.60. The first-order valence-corrected chi connectivity index (χ1v) is 21.5. The Morgan fingerprint density at radius 3 is 2.14 bits per heavy atom. The zero-order valence-electron chi connectivity index (χ0n) is 30.3. The number of imidazole rings is 1. The second-order valence-electron chi connectivity index (χ2n) is 14.6. The van der Waals surface area contributed by atoms with Crippen LogP contribution in [0, 0.1) is 6.92 Å². The van der Waals surface area contributed by atoms with E-state index < -0.39 is 23.3 Å². The van der Waals surface area contributed by atoms with Gasteiger partial charge < -0.3 is 33.5 Å². The van der Waals surface area contributed by atoms with Gasteiger partial charge in [-0.3, -0.25) is 4.57 Å². The van der Waals surface area contributed by atoms with E-state index in [2.05, 4.69) is 84.7 Å². The minimum atomic E-state index is -2.83. The maximum Gasteiger partial charge on any atom is 0.335 e. The summed E-state index contributed by atoms with van der Waals surface area (Å²) in [6.45, 7) is 20.6. The first kappa shape index (κ1) is 35.5. The molecule has 49 heavy (non-hydrogen) atoms. The van der Waals surface area contributed by atoms with Crippen LogP contribution in [0.15, 0.2) is 54.6 Å². The van der Waals surface area contributed by atoms with E-state index in [4.69, 9.17) is 38.1 Å². The first-order chi connectivity index (χ1) is 23.3.